The second kappa shape index (κ2) is 9.64. The fourth-order valence-corrected chi connectivity index (χ4v) is 4.69. The van der Waals surface area contributed by atoms with Crippen LogP contribution >= 0.6 is 0 Å². The van der Waals surface area contributed by atoms with E-state index in [0.717, 1.165) is 30.2 Å². The minimum atomic E-state index is 0.554. The van der Waals surface area contributed by atoms with Gasteiger partial charge in [0.25, 0.3) is 0 Å². The molecule has 0 bridgehead atoms. The first-order valence-corrected chi connectivity index (χ1v) is 10.7. The molecule has 2 fully saturated rings. The van der Waals surface area contributed by atoms with Crippen LogP contribution in [0.1, 0.15) is 86.0 Å². The molecule has 0 radical (unpaired) electrons. The summed E-state index contributed by atoms with van der Waals surface area (Å²) in [4.78, 5) is 2.79. The molecular formula is C24H41N. The summed E-state index contributed by atoms with van der Waals surface area (Å²) in [7, 11) is 0. The third-order valence-corrected chi connectivity index (χ3v) is 6.37. The summed E-state index contributed by atoms with van der Waals surface area (Å²) in [6.45, 7) is 15.8. The van der Waals surface area contributed by atoms with Crippen molar-refractivity contribution < 1.29 is 0 Å². The predicted molar refractivity (Wildman–Crippen MR) is 112 cm³/mol. The third-order valence-electron chi connectivity index (χ3n) is 6.37. The van der Waals surface area contributed by atoms with Crippen molar-refractivity contribution in [2.45, 2.75) is 98.1 Å². The monoisotopic (exact) mass is 343 g/mol. The zero-order chi connectivity index (χ0) is 18.4. The Hall–Kier alpha value is -0.980. The lowest BCUT2D eigenvalue weighted by Crippen LogP contribution is -2.37. The van der Waals surface area contributed by atoms with E-state index in [1.807, 2.05) is 0 Å². The van der Waals surface area contributed by atoms with E-state index in [-0.39, 0.29) is 0 Å². The van der Waals surface area contributed by atoms with Gasteiger partial charge in [-0.05, 0) is 56.4 Å². The topological polar surface area (TPSA) is 3.24 Å². The second-order valence-corrected chi connectivity index (χ2v) is 8.83. The smallest absolute Gasteiger partial charge is 0.0540 e. The van der Waals surface area contributed by atoms with Crippen molar-refractivity contribution in [3.8, 4) is 0 Å². The van der Waals surface area contributed by atoms with Crippen LogP contribution in [-0.2, 0) is 0 Å². The fourth-order valence-electron chi connectivity index (χ4n) is 4.69. The Balaban J connectivity index is 2.32. The van der Waals surface area contributed by atoms with E-state index in [1.165, 1.54) is 50.6 Å². The lowest BCUT2D eigenvalue weighted by Gasteiger charge is -2.36. The Morgan fingerprint density at radius 2 is 1.92 bits per heavy atom. The third kappa shape index (κ3) is 5.02. The standard InChI is InChI=1S/C24H41N/c1-7-11-23-22(17-15-19(5)8-2)21-12-9-10-13-24(21)25(23)20(6)16-14-18(3)4/h7,16-19,21,23-24H,1,8-15H2,2-6H3/b20-16+,22-17-. The largest absolute Gasteiger partial charge is 0.365 e. The van der Waals surface area contributed by atoms with Crippen LogP contribution in [0.3, 0.4) is 0 Å². The minimum Gasteiger partial charge on any atom is -0.365 e. The van der Waals surface area contributed by atoms with E-state index in [4.69, 9.17) is 0 Å². The van der Waals surface area contributed by atoms with Crippen molar-refractivity contribution in [1.82, 2.24) is 4.90 Å². The fraction of sp³-hybridized carbons (Fsp3) is 0.750. The molecule has 0 aromatic rings. The number of hydrogen-bond donors (Lipinski definition) is 0. The Morgan fingerprint density at radius 3 is 2.56 bits per heavy atom. The molecule has 0 spiro atoms. The van der Waals surface area contributed by atoms with E-state index in [0.29, 0.717) is 6.04 Å². The van der Waals surface area contributed by atoms with Gasteiger partial charge in [-0.25, -0.2) is 0 Å². The van der Waals surface area contributed by atoms with Crippen molar-refractivity contribution in [3.63, 3.8) is 0 Å². The van der Waals surface area contributed by atoms with Gasteiger partial charge in [-0.3, -0.25) is 0 Å². The van der Waals surface area contributed by atoms with Crippen molar-refractivity contribution in [3.05, 3.63) is 36.1 Å². The van der Waals surface area contributed by atoms with E-state index in [2.05, 4.69) is 64.3 Å². The van der Waals surface area contributed by atoms with Gasteiger partial charge in [0.05, 0.1) is 6.04 Å². The van der Waals surface area contributed by atoms with Crippen LogP contribution in [0.15, 0.2) is 36.1 Å². The predicted octanol–water partition coefficient (Wildman–Crippen LogP) is 7.12. The summed E-state index contributed by atoms with van der Waals surface area (Å²) in [6, 6.07) is 1.28. The Kier molecular flexibility index (Phi) is 7.84. The Morgan fingerprint density at radius 1 is 1.20 bits per heavy atom. The molecule has 2 aliphatic rings. The van der Waals surface area contributed by atoms with Crippen LogP contribution < -0.4 is 0 Å². The summed E-state index contributed by atoms with van der Waals surface area (Å²) in [5, 5.41) is 0. The van der Waals surface area contributed by atoms with Crippen LogP contribution in [0.5, 0.6) is 0 Å². The van der Waals surface area contributed by atoms with Crippen molar-refractivity contribution in [2.24, 2.45) is 17.8 Å². The van der Waals surface area contributed by atoms with Crippen molar-refractivity contribution >= 4 is 0 Å². The van der Waals surface area contributed by atoms with Gasteiger partial charge in [-0.1, -0.05) is 65.2 Å². The molecule has 4 atom stereocenters. The highest BCUT2D eigenvalue weighted by Gasteiger charge is 2.44. The highest BCUT2D eigenvalue weighted by Crippen LogP contribution is 2.46. The lowest BCUT2D eigenvalue weighted by atomic mass is 9.80. The quantitative estimate of drug-likeness (QED) is 0.424. The average Bonchev–Trinajstić information content (AvgIpc) is 2.91. The molecule has 1 saturated heterocycles. The lowest BCUT2D eigenvalue weighted by molar-refractivity contribution is 0.194. The minimum absolute atomic E-state index is 0.554. The molecule has 142 valence electrons. The molecule has 4 unspecified atom stereocenters. The molecule has 1 heterocycles. The SMILES string of the molecule is C=CCC1/C(=C\CC(C)CC)C2CCCCC2N1/C(C)=C/CC(C)C. The number of hydrogen-bond acceptors (Lipinski definition) is 1. The maximum absolute atomic E-state index is 4.08. The molecule has 0 aromatic carbocycles. The molecule has 1 heteroatoms. The molecule has 0 N–H and O–H groups in total. The van der Waals surface area contributed by atoms with Crippen LogP contribution in [0, 0.1) is 17.8 Å². The molecule has 0 aromatic heterocycles. The van der Waals surface area contributed by atoms with Gasteiger partial charge in [-0.15, -0.1) is 6.58 Å². The number of nitrogens with zero attached hydrogens (tertiary/aromatic N) is 1. The zero-order valence-corrected chi connectivity index (χ0v) is 17.4. The number of allylic oxidation sites excluding steroid dienone is 3. The molecule has 25 heavy (non-hydrogen) atoms. The summed E-state index contributed by atoms with van der Waals surface area (Å²) in [5.41, 5.74) is 3.24. The van der Waals surface area contributed by atoms with E-state index < -0.39 is 0 Å². The molecule has 1 aliphatic carbocycles. The van der Waals surface area contributed by atoms with Crippen LogP contribution in [0.2, 0.25) is 0 Å². The number of rotatable bonds is 8. The zero-order valence-electron chi connectivity index (χ0n) is 17.4. The first kappa shape index (κ1) is 20.3. The Labute approximate surface area is 157 Å². The van der Waals surface area contributed by atoms with Gasteiger partial charge < -0.3 is 4.90 Å². The van der Waals surface area contributed by atoms with Gasteiger partial charge in [0, 0.05) is 17.7 Å². The molecular weight excluding hydrogens is 302 g/mol. The van der Waals surface area contributed by atoms with Gasteiger partial charge >= 0.3 is 0 Å². The van der Waals surface area contributed by atoms with Crippen molar-refractivity contribution in [2.75, 3.05) is 0 Å². The highest BCUT2D eigenvalue weighted by atomic mass is 15.2. The first-order valence-electron chi connectivity index (χ1n) is 10.7. The van der Waals surface area contributed by atoms with Gasteiger partial charge in [-0.2, -0.15) is 0 Å². The maximum atomic E-state index is 4.08. The average molecular weight is 344 g/mol. The molecule has 2 rings (SSSR count). The Bertz CT molecular complexity index is 484. The molecule has 1 nitrogen and oxygen atoms in total. The normalized spacial score (nSPS) is 30.0. The molecule has 0 amide bonds. The van der Waals surface area contributed by atoms with Gasteiger partial charge in [0.15, 0.2) is 0 Å². The first-order chi connectivity index (χ1) is 12.0. The molecule has 1 aliphatic heterocycles. The van der Waals surface area contributed by atoms with E-state index in [9.17, 15) is 0 Å². The second-order valence-electron chi connectivity index (χ2n) is 8.83. The van der Waals surface area contributed by atoms with E-state index in [1.54, 1.807) is 5.57 Å². The van der Waals surface area contributed by atoms with Crippen LogP contribution in [-0.4, -0.2) is 17.0 Å². The summed E-state index contributed by atoms with van der Waals surface area (Å²) in [6.07, 6.45) is 17.6. The molecule has 1 saturated carbocycles. The van der Waals surface area contributed by atoms with Crippen molar-refractivity contribution in [1.29, 1.82) is 0 Å². The number of fused-ring (bicyclic) bond motifs is 1. The highest BCUT2D eigenvalue weighted by molar-refractivity contribution is 5.29. The number of likely N-dealkylation sites (tertiary alicyclic amines) is 1. The van der Waals surface area contributed by atoms with Crippen LogP contribution in [0.4, 0.5) is 0 Å². The van der Waals surface area contributed by atoms with Gasteiger partial charge in [0.2, 0.25) is 0 Å². The summed E-state index contributed by atoms with van der Waals surface area (Å²) >= 11 is 0. The maximum Gasteiger partial charge on any atom is 0.0540 e. The summed E-state index contributed by atoms with van der Waals surface area (Å²) < 4.78 is 0. The van der Waals surface area contributed by atoms with Gasteiger partial charge in [0.1, 0.15) is 0 Å². The van der Waals surface area contributed by atoms with Crippen LogP contribution in [0.25, 0.3) is 0 Å². The van der Waals surface area contributed by atoms with E-state index >= 15 is 0 Å². The summed E-state index contributed by atoms with van der Waals surface area (Å²) in [5.74, 6) is 2.31.